The van der Waals surface area contributed by atoms with Gasteiger partial charge in [-0.25, -0.2) is 0 Å². The zero-order chi connectivity index (χ0) is 12.3. The number of aliphatic carboxylic acids is 1. The third kappa shape index (κ3) is 2.51. The largest absolute Gasteiger partial charge is 0.481 e. The van der Waals surface area contributed by atoms with E-state index in [1.165, 1.54) is 6.20 Å². The van der Waals surface area contributed by atoms with Crippen molar-refractivity contribution in [1.82, 2.24) is 10.2 Å². The van der Waals surface area contributed by atoms with Crippen LogP contribution >= 0.6 is 0 Å². The molecule has 0 saturated heterocycles. The van der Waals surface area contributed by atoms with Crippen molar-refractivity contribution in [2.24, 2.45) is 0 Å². The monoisotopic (exact) mass is 232 g/mol. The Labute approximate surface area is 97.7 Å². The van der Waals surface area contributed by atoms with Gasteiger partial charge in [0, 0.05) is 5.56 Å². The minimum absolute atomic E-state index is 0.334. The fourth-order valence-electron chi connectivity index (χ4n) is 1.66. The number of carboxylic acids is 1. The molecule has 1 aromatic carbocycles. The van der Waals surface area contributed by atoms with Crippen molar-refractivity contribution in [3.63, 3.8) is 0 Å². The lowest BCUT2D eigenvalue weighted by Crippen LogP contribution is -2.05. The van der Waals surface area contributed by atoms with E-state index < -0.39 is 12.1 Å². The number of nitrogens with zero attached hydrogens (tertiary/aromatic N) is 1. The topological polar surface area (TPSA) is 86.2 Å². The van der Waals surface area contributed by atoms with E-state index in [0.717, 1.165) is 5.56 Å². The van der Waals surface area contributed by atoms with Crippen LogP contribution in [0.5, 0.6) is 0 Å². The molecule has 1 aromatic heterocycles. The second kappa shape index (κ2) is 4.80. The van der Waals surface area contributed by atoms with Crippen LogP contribution in [-0.2, 0) is 4.79 Å². The van der Waals surface area contributed by atoms with Crippen LogP contribution in [-0.4, -0.2) is 26.4 Å². The number of carboxylic acid groups (broad SMARTS) is 1. The summed E-state index contributed by atoms with van der Waals surface area (Å²) in [7, 11) is 0. The number of benzene rings is 1. The summed E-state index contributed by atoms with van der Waals surface area (Å²) in [4.78, 5) is 10.6. The molecule has 0 saturated carbocycles. The average molecular weight is 232 g/mol. The molecule has 0 spiro atoms. The van der Waals surface area contributed by atoms with Crippen LogP contribution in [0.25, 0.3) is 11.3 Å². The van der Waals surface area contributed by atoms with Crippen LogP contribution < -0.4 is 0 Å². The van der Waals surface area contributed by atoms with Crippen molar-refractivity contribution in [1.29, 1.82) is 0 Å². The lowest BCUT2D eigenvalue weighted by Gasteiger charge is -2.08. The maximum atomic E-state index is 10.6. The van der Waals surface area contributed by atoms with E-state index in [9.17, 15) is 9.90 Å². The van der Waals surface area contributed by atoms with Gasteiger partial charge >= 0.3 is 5.97 Å². The number of carbonyl (C=O) groups is 1. The van der Waals surface area contributed by atoms with Gasteiger partial charge < -0.3 is 10.2 Å². The highest BCUT2D eigenvalue weighted by Crippen LogP contribution is 2.27. The van der Waals surface area contributed by atoms with Gasteiger partial charge in [0.05, 0.1) is 24.4 Å². The summed E-state index contributed by atoms with van der Waals surface area (Å²) in [5.41, 5.74) is 2.02. The molecule has 0 unspecified atom stereocenters. The third-order valence-electron chi connectivity index (χ3n) is 2.46. The second-order valence-electron chi connectivity index (χ2n) is 3.68. The minimum atomic E-state index is -1.05. The van der Waals surface area contributed by atoms with Gasteiger partial charge in [0.25, 0.3) is 0 Å². The number of aliphatic hydroxyl groups is 1. The zero-order valence-electron chi connectivity index (χ0n) is 9.00. The van der Waals surface area contributed by atoms with Crippen molar-refractivity contribution < 1.29 is 15.0 Å². The number of hydrogen-bond donors (Lipinski definition) is 3. The molecular weight excluding hydrogens is 220 g/mol. The highest BCUT2D eigenvalue weighted by Gasteiger charge is 2.18. The Bertz CT molecular complexity index is 507. The van der Waals surface area contributed by atoms with E-state index >= 15 is 0 Å². The highest BCUT2D eigenvalue weighted by atomic mass is 16.4. The first kappa shape index (κ1) is 11.3. The van der Waals surface area contributed by atoms with Gasteiger partial charge in [-0.1, -0.05) is 30.3 Å². The molecule has 1 heterocycles. The van der Waals surface area contributed by atoms with Crippen LogP contribution in [0.3, 0.4) is 0 Å². The molecule has 0 aliphatic heterocycles. The summed E-state index contributed by atoms with van der Waals surface area (Å²) in [6.45, 7) is 0. The molecule has 5 nitrogen and oxygen atoms in total. The van der Waals surface area contributed by atoms with Gasteiger partial charge in [0.2, 0.25) is 0 Å². The number of rotatable bonds is 4. The predicted octanol–water partition coefficient (Wildman–Crippen LogP) is 1.58. The Morgan fingerprint density at radius 3 is 2.71 bits per heavy atom. The van der Waals surface area contributed by atoms with E-state index in [0.29, 0.717) is 11.3 Å². The molecule has 5 heteroatoms. The van der Waals surface area contributed by atoms with Crippen LogP contribution in [0, 0.1) is 0 Å². The van der Waals surface area contributed by atoms with E-state index in [1.54, 1.807) is 0 Å². The van der Waals surface area contributed by atoms with Crippen molar-refractivity contribution in [2.75, 3.05) is 0 Å². The summed E-state index contributed by atoms with van der Waals surface area (Å²) in [5.74, 6) is -1.04. The number of H-pyrrole nitrogens is 1. The molecule has 2 aromatic rings. The molecule has 0 aliphatic carbocycles. The Balaban J connectivity index is 2.32. The van der Waals surface area contributed by atoms with Gasteiger partial charge in [-0.2, -0.15) is 5.10 Å². The molecule has 17 heavy (non-hydrogen) atoms. The molecule has 3 N–H and O–H groups in total. The van der Waals surface area contributed by atoms with Crippen molar-refractivity contribution in [3.05, 3.63) is 42.1 Å². The highest BCUT2D eigenvalue weighted by molar-refractivity contribution is 5.69. The van der Waals surface area contributed by atoms with Gasteiger partial charge in [0.1, 0.15) is 0 Å². The van der Waals surface area contributed by atoms with E-state index in [-0.39, 0.29) is 6.42 Å². The standard InChI is InChI=1S/C12H12N2O3/c15-10(6-11(16)17)9-7-13-14-12(9)8-4-2-1-3-5-8/h1-5,7,10,15H,6H2,(H,13,14)(H,16,17)/t10-/m0/s1. The Kier molecular flexibility index (Phi) is 3.20. The molecule has 88 valence electrons. The number of nitrogens with one attached hydrogen (secondary N) is 1. The van der Waals surface area contributed by atoms with Crippen molar-refractivity contribution in [3.8, 4) is 11.3 Å². The van der Waals surface area contributed by atoms with E-state index in [2.05, 4.69) is 10.2 Å². The fraction of sp³-hybridized carbons (Fsp3) is 0.167. The minimum Gasteiger partial charge on any atom is -0.481 e. The SMILES string of the molecule is O=C(O)C[C@H](O)c1cn[nH]c1-c1ccccc1. The van der Waals surface area contributed by atoms with Gasteiger partial charge in [-0.3, -0.25) is 9.89 Å². The molecule has 0 aliphatic rings. The summed E-state index contributed by atoms with van der Waals surface area (Å²) in [6, 6.07) is 9.34. The summed E-state index contributed by atoms with van der Waals surface area (Å²) in [5, 5.41) is 25.1. The first-order valence-corrected chi connectivity index (χ1v) is 5.17. The first-order chi connectivity index (χ1) is 8.18. The van der Waals surface area contributed by atoms with E-state index in [1.807, 2.05) is 30.3 Å². The maximum Gasteiger partial charge on any atom is 0.306 e. The van der Waals surface area contributed by atoms with Crippen LogP contribution in [0.15, 0.2) is 36.5 Å². The lowest BCUT2D eigenvalue weighted by atomic mass is 10.0. The molecule has 0 amide bonds. The van der Waals surface area contributed by atoms with Gasteiger partial charge in [0.15, 0.2) is 0 Å². The molecule has 0 radical (unpaired) electrons. The molecule has 0 fully saturated rings. The van der Waals surface area contributed by atoms with Gasteiger partial charge in [-0.05, 0) is 5.56 Å². The Morgan fingerprint density at radius 1 is 1.35 bits per heavy atom. The maximum absolute atomic E-state index is 10.6. The number of aliphatic hydroxyl groups excluding tert-OH is 1. The van der Waals surface area contributed by atoms with Crippen LogP contribution in [0.1, 0.15) is 18.1 Å². The smallest absolute Gasteiger partial charge is 0.306 e. The fourth-order valence-corrected chi connectivity index (χ4v) is 1.66. The number of aromatic nitrogens is 2. The van der Waals surface area contributed by atoms with E-state index in [4.69, 9.17) is 5.11 Å². The normalized spacial score (nSPS) is 12.3. The quantitative estimate of drug-likeness (QED) is 0.747. The molecule has 2 rings (SSSR count). The predicted molar refractivity (Wildman–Crippen MR) is 61.2 cm³/mol. The molecular formula is C12H12N2O3. The van der Waals surface area contributed by atoms with Gasteiger partial charge in [-0.15, -0.1) is 0 Å². The Hall–Kier alpha value is -2.14. The third-order valence-corrected chi connectivity index (χ3v) is 2.46. The van der Waals surface area contributed by atoms with Crippen LogP contribution in [0.4, 0.5) is 0 Å². The molecule has 0 bridgehead atoms. The molecule has 1 atom stereocenters. The lowest BCUT2D eigenvalue weighted by molar-refractivity contribution is -0.139. The summed E-state index contributed by atoms with van der Waals surface area (Å²) >= 11 is 0. The first-order valence-electron chi connectivity index (χ1n) is 5.17. The van der Waals surface area contributed by atoms with Crippen molar-refractivity contribution in [2.45, 2.75) is 12.5 Å². The second-order valence-corrected chi connectivity index (χ2v) is 3.68. The van der Waals surface area contributed by atoms with Crippen LogP contribution in [0.2, 0.25) is 0 Å². The summed E-state index contributed by atoms with van der Waals surface area (Å²) in [6.07, 6.45) is 0.0661. The summed E-state index contributed by atoms with van der Waals surface area (Å²) < 4.78 is 0. The number of aromatic amines is 1. The zero-order valence-corrected chi connectivity index (χ0v) is 9.00. The van der Waals surface area contributed by atoms with Crippen molar-refractivity contribution >= 4 is 5.97 Å². The Morgan fingerprint density at radius 2 is 2.06 bits per heavy atom. The average Bonchev–Trinajstić information content (AvgIpc) is 2.78. The number of hydrogen-bond acceptors (Lipinski definition) is 3.